The number of aromatic nitrogens is 3. The van der Waals surface area contributed by atoms with E-state index < -0.39 is 0 Å². The first-order chi connectivity index (χ1) is 14.5. The van der Waals surface area contributed by atoms with Gasteiger partial charge in [0.2, 0.25) is 5.91 Å². The van der Waals surface area contributed by atoms with Crippen molar-refractivity contribution >= 4 is 24.2 Å². The molecule has 0 unspecified atom stereocenters. The molecule has 0 radical (unpaired) electrons. The van der Waals surface area contributed by atoms with Crippen molar-refractivity contribution in [3.05, 3.63) is 34.6 Å². The van der Waals surface area contributed by atoms with Gasteiger partial charge in [0, 0.05) is 44.8 Å². The molecule has 0 aliphatic carbocycles. The SMILES string of the molecule is Cc1cccc(-c2n[nH]c(=S)n2CC(=O)N2CCN(C(=O)N3CCCCC3)CC2)c1. The molecule has 0 atom stereocenters. The molecular weight excluding hydrogens is 400 g/mol. The number of piperazine rings is 1. The second kappa shape index (κ2) is 8.99. The van der Waals surface area contributed by atoms with Gasteiger partial charge < -0.3 is 14.7 Å². The molecular formula is C21H28N6O2S. The highest BCUT2D eigenvalue weighted by molar-refractivity contribution is 7.71. The highest BCUT2D eigenvalue weighted by Gasteiger charge is 2.28. The highest BCUT2D eigenvalue weighted by Crippen LogP contribution is 2.19. The normalized spacial score (nSPS) is 17.3. The average Bonchev–Trinajstić information content (AvgIpc) is 3.14. The Morgan fingerprint density at radius 2 is 1.67 bits per heavy atom. The molecule has 160 valence electrons. The molecule has 8 nitrogen and oxygen atoms in total. The van der Waals surface area contributed by atoms with E-state index >= 15 is 0 Å². The number of carbonyl (C=O) groups is 2. The van der Waals surface area contributed by atoms with Crippen molar-refractivity contribution in [3.63, 3.8) is 0 Å². The highest BCUT2D eigenvalue weighted by atomic mass is 32.1. The number of likely N-dealkylation sites (tertiary alicyclic amines) is 1. The molecule has 4 rings (SSSR count). The summed E-state index contributed by atoms with van der Waals surface area (Å²) < 4.78 is 2.18. The second-order valence-corrected chi connectivity index (χ2v) is 8.39. The van der Waals surface area contributed by atoms with Crippen molar-refractivity contribution in [2.24, 2.45) is 0 Å². The number of benzene rings is 1. The minimum atomic E-state index is -0.00789. The number of aromatic amines is 1. The molecule has 30 heavy (non-hydrogen) atoms. The summed E-state index contributed by atoms with van der Waals surface area (Å²) in [7, 11) is 0. The molecule has 1 N–H and O–H groups in total. The van der Waals surface area contributed by atoms with E-state index in [-0.39, 0.29) is 18.5 Å². The topological polar surface area (TPSA) is 77.5 Å². The number of hydrogen-bond acceptors (Lipinski definition) is 4. The van der Waals surface area contributed by atoms with E-state index in [9.17, 15) is 9.59 Å². The fourth-order valence-corrected chi connectivity index (χ4v) is 4.33. The zero-order chi connectivity index (χ0) is 21.1. The smallest absolute Gasteiger partial charge is 0.320 e. The molecule has 3 amide bonds. The lowest BCUT2D eigenvalue weighted by atomic mass is 10.1. The Morgan fingerprint density at radius 1 is 1.00 bits per heavy atom. The molecule has 2 aromatic rings. The van der Waals surface area contributed by atoms with Crippen molar-refractivity contribution in [1.29, 1.82) is 0 Å². The van der Waals surface area contributed by atoms with Gasteiger partial charge in [-0.15, -0.1) is 0 Å². The number of aryl methyl sites for hydroxylation is 1. The van der Waals surface area contributed by atoms with Gasteiger partial charge >= 0.3 is 6.03 Å². The maximum Gasteiger partial charge on any atom is 0.320 e. The predicted octanol–water partition coefficient (Wildman–Crippen LogP) is 2.67. The third-order valence-electron chi connectivity index (χ3n) is 5.86. The first kappa shape index (κ1) is 20.6. The standard InChI is InChI=1S/C21H28N6O2S/c1-16-6-5-7-17(14-16)19-22-23-20(30)27(19)15-18(28)24-10-12-26(13-11-24)21(29)25-8-3-2-4-9-25/h5-7,14H,2-4,8-13,15H2,1H3,(H,23,30). The molecule has 0 bridgehead atoms. The molecule has 0 spiro atoms. The van der Waals surface area contributed by atoms with Crippen molar-refractivity contribution in [2.75, 3.05) is 39.3 Å². The Balaban J connectivity index is 1.38. The van der Waals surface area contributed by atoms with Gasteiger partial charge in [0.1, 0.15) is 6.54 Å². The summed E-state index contributed by atoms with van der Waals surface area (Å²) in [4.78, 5) is 31.3. The number of rotatable bonds is 3. The fourth-order valence-electron chi connectivity index (χ4n) is 4.14. The molecule has 1 aromatic heterocycles. The second-order valence-electron chi connectivity index (χ2n) is 8.01. The van der Waals surface area contributed by atoms with Gasteiger partial charge in [-0.1, -0.05) is 23.8 Å². The van der Waals surface area contributed by atoms with Crippen LogP contribution in [-0.4, -0.2) is 80.7 Å². The summed E-state index contributed by atoms with van der Waals surface area (Å²) in [6, 6.07) is 8.08. The summed E-state index contributed by atoms with van der Waals surface area (Å²) in [5, 5.41) is 7.14. The van der Waals surface area contributed by atoms with Crippen molar-refractivity contribution < 1.29 is 9.59 Å². The average molecular weight is 429 g/mol. The number of urea groups is 1. The molecule has 9 heteroatoms. The van der Waals surface area contributed by atoms with E-state index in [2.05, 4.69) is 10.2 Å². The number of piperidine rings is 1. The first-order valence-corrected chi connectivity index (χ1v) is 11.0. The minimum absolute atomic E-state index is 0.00789. The van der Waals surface area contributed by atoms with E-state index in [1.807, 2.05) is 45.9 Å². The van der Waals surface area contributed by atoms with Gasteiger partial charge in [-0.2, -0.15) is 5.10 Å². The number of H-pyrrole nitrogens is 1. The van der Waals surface area contributed by atoms with Crippen LogP contribution in [0.25, 0.3) is 11.4 Å². The Hall–Kier alpha value is -2.68. The number of nitrogens with one attached hydrogen (secondary N) is 1. The Morgan fingerprint density at radius 3 is 2.37 bits per heavy atom. The van der Waals surface area contributed by atoms with Crippen LogP contribution in [0.5, 0.6) is 0 Å². The predicted molar refractivity (Wildman–Crippen MR) is 117 cm³/mol. The Labute approximate surface area is 181 Å². The maximum atomic E-state index is 12.9. The van der Waals surface area contributed by atoms with Crippen LogP contribution in [-0.2, 0) is 11.3 Å². The van der Waals surface area contributed by atoms with Gasteiger partial charge in [-0.3, -0.25) is 14.5 Å². The van der Waals surface area contributed by atoms with Gasteiger partial charge in [0.05, 0.1) is 0 Å². The number of amides is 3. The van der Waals surface area contributed by atoms with E-state index in [4.69, 9.17) is 12.2 Å². The quantitative estimate of drug-likeness (QED) is 0.763. The Bertz CT molecular complexity index is 970. The van der Waals surface area contributed by atoms with Crippen LogP contribution in [0.4, 0.5) is 4.79 Å². The molecule has 2 aliphatic heterocycles. The summed E-state index contributed by atoms with van der Waals surface area (Å²) in [5.41, 5.74) is 2.04. The molecule has 2 aliphatic rings. The first-order valence-electron chi connectivity index (χ1n) is 10.6. The van der Waals surface area contributed by atoms with Crippen molar-refractivity contribution in [1.82, 2.24) is 29.5 Å². The third-order valence-corrected chi connectivity index (χ3v) is 6.17. The molecule has 2 saturated heterocycles. The number of carbonyl (C=O) groups excluding carboxylic acids is 2. The van der Waals surface area contributed by atoms with E-state index in [0.717, 1.165) is 37.1 Å². The largest absolute Gasteiger partial charge is 0.338 e. The van der Waals surface area contributed by atoms with Crippen LogP contribution >= 0.6 is 12.2 Å². The van der Waals surface area contributed by atoms with Gasteiger partial charge in [-0.05, 0) is 44.5 Å². The minimum Gasteiger partial charge on any atom is -0.338 e. The molecule has 2 fully saturated rings. The zero-order valence-corrected chi connectivity index (χ0v) is 18.2. The van der Waals surface area contributed by atoms with Gasteiger partial charge in [-0.25, -0.2) is 4.79 Å². The van der Waals surface area contributed by atoms with E-state index in [1.54, 1.807) is 4.57 Å². The van der Waals surface area contributed by atoms with E-state index in [1.165, 1.54) is 6.42 Å². The summed E-state index contributed by atoms with van der Waals surface area (Å²) in [6.07, 6.45) is 3.37. The fraction of sp³-hybridized carbons (Fsp3) is 0.524. The van der Waals surface area contributed by atoms with Crippen LogP contribution < -0.4 is 0 Å². The lowest BCUT2D eigenvalue weighted by molar-refractivity contribution is -0.133. The van der Waals surface area contributed by atoms with Crippen LogP contribution in [0.15, 0.2) is 24.3 Å². The van der Waals surface area contributed by atoms with Gasteiger partial charge in [0.25, 0.3) is 0 Å². The summed E-state index contributed by atoms with van der Waals surface area (Å²) >= 11 is 5.37. The lowest BCUT2D eigenvalue weighted by Gasteiger charge is -2.38. The lowest BCUT2D eigenvalue weighted by Crippen LogP contribution is -2.55. The van der Waals surface area contributed by atoms with Crippen LogP contribution in [0, 0.1) is 11.7 Å². The molecule has 3 heterocycles. The molecule has 0 saturated carbocycles. The zero-order valence-electron chi connectivity index (χ0n) is 17.3. The third kappa shape index (κ3) is 4.40. The Kier molecular flexibility index (Phi) is 6.17. The van der Waals surface area contributed by atoms with E-state index in [0.29, 0.717) is 36.8 Å². The van der Waals surface area contributed by atoms with Crippen LogP contribution in [0.1, 0.15) is 24.8 Å². The molecule has 1 aromatic carbocycles. The summed E-state index contributed by atoms with van der Waals surface area (Å²) in [5.74, 6) is 0.655. The monoisotopic (exact) mass is 428 g/mol. The number of nitrogens with zero attached hydrogens (tertiary/aromatic N) is 5. The van der Waals surface area contributed by atoms with Crippen LogP contribution in [0.3, 0.4) is 0 Å². The van der Waals surface area contributed by atoms with Crippen molar-refractivity contribution in [2.45, 2.75) is 32.7 Å². The van der Waals surface area contributed by atoms with Crippen molar-refractivity contribution in [3.8, 4) is 11.4 Å². The van der Waals surface area contributed by atoms with Gasteiger partial charge in [0.15, 0.2) is 10.6 Å². The number of hydrogen-bond donors (Lipinski definition) is 1. The summed E-state index contributed by atoms with van der Waals surface area (Å²) in [6.45, 7) is 6.08. The van der Waals surface area contributed by atoms with Crippen LogP contribution in [0.2, 0.25) is 0 Å². The maximum absolute atomic E-state index is 12.9.